The zero-order chi connectivity index (χ0) is 34.5. The first kappa shape index (κ1) is 33.3. The van der Waals surface area contributed by atoms with Crippen molar-refractivity contribution in [3.05, 3.63) is 162 Å². The monoisotopic (exact) mass is 650 g/mol. The van der Waals surface area contributed by atoms with Crippen LogP contribution in [-0.2, 0) is 4.79 Å². The number of rotatable bonds is 11. The van der Waals surface area contributed by atoms with Crippen LogP contribution in [0.5, 0.6) is 5.75 Å². The largest absolute Gasteiger partial charge is 0.678 e. The van der Waals surface area contributed by atoms with E-state index in [0.717, 1.165) is 49.6 Å². The zero-order valence-electron chi connectivity index (χ0n) is 27.9. The summed E-state index contributed by atoms with van der Waals surface area (Å²) in [4.78, 5) is 18.0. The Hall–Kier alpha value is -5.56. The van der Waals surface area contributed by atoms with E-state index in [1.165, 1.54) is 6.92 Å². The smallest absolute Gasteiger partial charge is 0.427 e. The number of carbonyl (C=O) groups excluding carboxylic acids is 1. The third-order valence-corrected chi connectivity index (χ3v) is 8.66. The highest BCUT2D eigenvalue weighted by Crippen LogP contribution is 2.41. The average Bonchev–Trinajstić information content (AvgIpc) is 3.54. The number of nitrogens with zero attached hydrogens (tertiary/aromatic N) is 2. The minimum atomic E-state index is -2.91. The Morgan fingerprint density at radius 2 is 1.49 bits per heavy atom. The maximum atomic E-state index is 15.6. The van der Waals surface area contributed by atoms with Crippen molar-refractivity contribution in [2.45, 2.75) is 40.0 Å². The molecule has 0 aliphatic carbocycles. The second-order valence-corrected chi connectivity index (χ2v) is 11.9. The van der Waals surface area contributed by atoms with Crippen LogP contribution in [0.3, 0.4) is 0 Å². The average molecular weight is 651 g/mol. The van der Waals surface area contributed by atoms with E-state index in [1.54, 1.807) is 24.3 Å². The van der Waals surface area contributed by atoms with Gasteiger partial charge in [0.1, 0.15) is 5.75 Å². The first-order valence-electron chi connectivity index (χ1n) is 16.6. The number of fused-ring (bicyclic) bond motifs is 2. The molecule has 0 N–H and O–H groups in total. The predicted molar refractivity (Wildman–Crippen MR) is 199 cm³/mol. The molecule has 0 spiro atoms. The number of hydrogen-bond donors (Lipinski definition) is 0. The number of carbonyl (C=O) groups is 1. The van der Waals surface area contributed by atoms with Crippen molar-refractivity contribution in [2.24, 2.45) is 4.99 Å². The van der Waals surface area contributed by atoms with Crippen LogP contribution in [0, 0.1) is 0 Å². The number of allylic oxidation sites excluding steroid dienone is 4. The van der Waals surface area contributed by atoms with E-state index in [0.29, 0.717) is 46.7 Å². The van der Waals surface area contributed by atoms with Gasteiger partial charge in [-0.15, -0.1) is 0 Å². The Bertz CT molecular complexity index is 2170. The van der Waals surface area contributed by atoms with Crippen LogP contribution < -0.4 is 4.74 Å². The molecule has 0 saturated heterocycles. The van der Waals surface area contributed by atoms with Crippen LogP contribution >= 0.6 is 0 Å². The van der Waals surface area contributed by atoms with Crippen LogP contribution in [-0.4, -0.2) is 23.9 Å². The molecular weight excluding hydrogens is 613 g/mol. The van der Waals surface area contributed by atoms with Gasteiger partial charge < -0.3 is 9.55 Å². The lowest BCUT2D eigenvalue weighted by atomic mass is 9.91. The molecule has 0 bridgehead atoms. The van der Waals surface area contributed by atoms with Crippen molar-refractivity contribution < 1.29 is 18.2 Å². The van der Waals surface area contributed by atoms with Crippen molar-refractivity contribution in [3.63, 3.8) is 0 Å². The molecule has 4 nitrogen and oxygen atoms in total. The molecule has 49 heavy (non-hydrogen) atoms. The summed E-state index contributed by atoms with van der Waals surface area (Å²) in [7, 11) is -2.91. The number of ether oxygens (including phenoxy) is 1. The molecule has 0 unspecified atom stereocenters. The van der Waals surface area contributed by atoms with Gasteiger partial charge in [-0.25, -0.2) is 4.99 Å². The molecule has 1 heterocycles. The molecule has 0 radical (unpaired) electrons. The van der Waals surface area contributed by atoms with Gasteiger partial charge in [0.15, 0.2) is 0 Å². The number of benzene rings is 5. The lowest BCUT2D eigenvalue weighted by Crippen LogP contribution is -2.31. The quantitative estimate of drug-likeness (QED) is 0.0812. The lowest BCUT2D eigenvalue weighted by molar-refractivity contribution is -0.131. The summed E-state index contributed by atoms with van der Waals surface area (Å²) in [5.74, 6) is -0.0810. The van der Waals surface area contributed by atoms with Gasteiger partial charge >= 0.3 is 13.4 Å². The van der Waals surface area contributed by atoms with Crippen LogP contribution in [0.2, 0.25) is 0 Å². The first-order valence-corrected chi connectivity index (χ1v) is 16.6. The Morgan fingerprint density at radius 3 is 2.14 bits per heavy atom. The predicted octanol–water partition coefficient (Wildman–Crippen LogP) is 11.0. The normalized spacial score (nSPS) is 14.0. The molecule has 6 rings (SSSR count). The van der Waals surface area contributed by atoms with Gasteiger partial charge in [0.05, 0.1) is 11.4 Å². The summed E-state index contributed by atoms with van der Waals surface area (Å²) in [5, 5.41) is 3.93. The van der Waals surface area contributed by atoms with Crippen molar-refractivity contribution >= 4 is 51.9 Å². The molecule has 0 fully saturated rings. The molecule has 1 aliphatic heterocycles. The van der Waals surface area contributed by atoms with E-state index in [9.17, 15) is 4.79 Å². The van der Waals surface area contributed by atoms with Crippen LogP contribution in [0.25, 0.3) is 32.8 Å². The van der Waals surface area contributed by atoms with Crippen LogP contribution in [0.4, 0.5) is 8.63 Å². The number of hydrogen-bond acceptors (Lipinski definition) is 4. The van der Waals surface area contributed by atoms with Gasteiger partial charge in [-0.3, -0.25) is 13.4 Å². The molecule has 5 aromatic rings. The van der Waals surface area contributed by atoms with Crippen LogP contribution in [0.15, 0.2) is 150 Å². The van der Waals surface area contributed by atoms with Crippen LogP contribution in [0.1, 0.15) is 56.7 Å². The highest BCUT2D eigenvalue weighted by atomic mass is 19.2. The number of unbranched alkanes of at least 4 members (excludes halogenated alkanes) is 1. The van der Waals surface area contributed by atoms with E-state index < -0.39 is 13.4 Å². The molecule has 0 saturated carbocycles. The molecule has 244 valence electrons. The summed E-state index contributed by atoms with van der Waals surface area (Å²) < 4.78 is 36.6. The molecule has 0 atom stereocenters. The Balaban J connectivity index is 1.61. The minimum absolute atomic E-state index is 0.180. The van der Waals surface area contributed by atoms with Crippen molar-refractivity contribution in [1.29, 1.82) is 0 Å². The summed E-state index contributed by atoms with van der Waals surface area (Å²) >= 11 is 0. The lowest BCUT2D eigenvalue weighted by Gasteiger charge is -2.30. The fourth-order valence-electron chi connectivity index (χ4n) is 6.38. The summed E-state index contributed by atoms with van der Waals surface area (Å²) in [6, 6.07) is 34.6. The highest BCUT2D eigenvalue weighted by Gasteiger charge is 2.35. The Labute approximate surface area is 286 Å². The van der Waals surface area contributed by atoms with Gasteiger partial charge in [-0.05, 0) is 63.7 Å². The number of esters is 1. The van der Waals surface area contributed by atoms with Crippen molar-refractivity contribution in [1.82, 2.24) is 4.81 Å². The standard InChI is InChI=1S/C42H37BF2N2O2/c1-5-7-22-40(47(43(44)45)28(3)35-20-12-16-31-14-8-10-18-36(31)35)41(33-23-25-34(26-24-33)49-29(4)48)39-27-30(6-2)42(46-39)38-21-13-17-32-15-9-11-19-37(32)38/h8-27H,3,5-7H2,1-2,4H3/b40-22-,41-39-. The topological polar surface area (TPSA) is 41.9 Å². The fourth-order valence-corrected chi connectivity index (χ4v) is 6.38. The van der Waals surface area contributed by atoms with Gasteiger partial charge in [0.2, 0.25) is 0 Å². The maximum absolute atomic E-state index is 15.6. The van der Waals surface area contributed by atoms with Gasteiger partial charge in [-0.2, -0.15) is 0 Å². The number of halogens is 2. The van der Waals surface area contributed by atoms with E-state index in [4.69, 9.17) is 9.73 Å². The fraction of sp³-hybridized carbons (Fsp3) is 0.143. The van der Waals surface area contributed by atoms with Crippen molar-refractivity contribution in [2.75, 3.05) is 0 Å². The SMILES string of the molecule is C=C(c1cccc2ccccc12)N(B(F)F)C(=C\CCC)/C(=C1/C=C(CC)C(c2cccc3ccccc23)=N1)c1ccc(OC(C)=O)cc1. The van der Waals surface area contributed by atoms with E-state index >= 15 is 8.63 Å². The summed E-state index contributed by atoms with van der Waals surface area (Å²) in [6.07, 6.45) is 5.86. The van der Waals surface area contributed by atoms with Gasteiger partial charge in [-0.1, -0.05) is 130 Å². The van der Waals surface area contributed by atoms with E-state index in [-0.39, 0.29) is 5.70 Å². The molecule has 0 amide bonds. The van der Waals surface area contributed by atoms with E-state index in [2.05, 4.69) is 37.8 Å². The second-order valence-electron chi connectivity index (χ2n) is 11.9. The molecule has 0 aromatic heterocycles. The third kappa shape index (κ3) is 6.88. The summed E-state index contributed by atoms with van der Waals surface area (Å²) in [5.41, 5.74) is 5.66. The minimum Gasteiger partial charge on any atom is -0.427 e. The molecule has 5 aromatic carbocycles. The molecule has 7 heteroatoms. The Kier molecular flexibility index (Phi) is 10.00. The first-order chi connectivity index (χ1) is 23.8. The third-order valence-electron chi connectivity index (χ3n) is 8.66. The second kappa shape index (κ2) is 14.7. The molecular formula is C42H37BF2N2O2. The maximum Gasteiger partial charge on any atom is 0.678 e. The van der Waals surface area contributed by atoms with Gasteiger partial charge in [0, 0.05) is 35.0 Å². The zero-order valence-corrected chi connectivity index (χ0v) is 27.9. The Morgan fingerprint density at radius 1 is 0.857 bits per heavy atom. The number of aliphatic imine (C=N–C) groups is 1. The van der Waals surface area contributed by atoms with E-state index in [1.807, 2.05) is 79.7 Å². The summed E-state index contributed by atoms with van der Waals surface area (Å²) in [6.45, 7) is 9.71. The highest BCUT2D eigenvalue weighted by molar-refractivity contribution is 6.43. The van der Waals surface area contributed by atoms with Crippen molar-refractivity contribution in [3.8, 4) is 5.75 Å². The van der Waals surface area contributed by atoms with Gasteiger partial charge in [0.25, 0.3) is 0 Å². The molecule has 1 aliphatic rings.